The maximum Gasteiger partial charge on any atom is 0.129 e. The van der Waals surface area contributed by atoms with Crippen LogP contribution in [0.4, 0.5) is 0 Å². The Morgan fingerprint density at radius 3 is 2.64 bits per heavy atom. The largest absolute Gasteiger partial charge is 0.485 e. The molecule has 2 heterocycles. The summed E-state index contributed by atoms with van der Waals surface area (Å²) in [5, 5.41) is 4.76. The zero-order chi connectivity index (χ0) is 19.3. The molecular formula is C23H22Cl2N2O. The molecule has 0 aliphatic carbocycles. The third-order valence-electron chi connectivity index (χ3n) is 5.10. The first kappa shape index (κ1) is 19.3. The fraction of sp³-hybridized carbons (Fsp3) is 0.261. The Hall–Kier alpha value is -2.07. The topological polar surface area (TPSA) is 34.1 Å². The molecule has 1 aliphatic rings. The minimum Gasteiger partial charge on any atom is -0.485 e. The molecule has 4 rings (SSSR count). The Kier molecular flexibility index (Phi) is 6.16. The van der Waals surface area contributed by atoms with Gasteiger partial charge in [-0.3, -0.25) is 4.98 Å². The van der Waals surface area contributed by atoms with Gasteiger partial charge in [0.2, 0.25) is 0 Å². The van der Waals surface area contributed by atoms with E-state index in [1.165, 1.54) is 5.56 Å². The van der Waals surface area contributed by atoms with Crippen molar-refractivity contribution in [3.63, 3.8) is 0 Å². The number of hydrogen-bond donors (Lipinski definition) is 1. The normalized spacial score (nSPS) is 17.4. The number of aromatic nitrogens is 1. The van der Waals surface area contributed by atoms with Crippen molar-refractivity contribution in [1.29, 1.82) is 0 Å². The molecule has 144 valence electrons. The van der Waals surface area contributed by atoms with Gasteiger partial charge in [-0.2, -0.15) is 0 Å². The number of nitrogens with zero attached hydrogens (tertiary/aromatic N) is 1. The zero-order valence-corrected chi connectivity index (χ0v) is 17.0. The van der Waals surface area contributed by atoms with Crippen molar-refractivity contribution in [2.75, 3.05) is 13.1 Å². The number of rotatable bonds is 6. The molecule has 5 heteroatoms. The lowest BCUT2D eigenvalue weighted by Crippen LogP contribution is -2.22. The number of benzene rings is 2. The van der Waals surface area contributed by atoms with Gasteiger partial charge in [-0.1, -0.05) is 53.5 Å². The Morgan fingerprint density at radius 2 is 1.89 bits per heavy atom. The van der Waals surface area contributed by atoms with E-state index in [9.17, 15) is 0 Å². The summed E-state index contributed by atoms with van der Waals surface area (Å²) in [5.74, 6) is 1.21. The van der Waals surface area contributed by atoms with Crippen molar-refractivity contribution < 1.29 is 4.74 Å². The molecule has 1 N–H and O–H groups in total. The Balaban J connectivity index is 1.66. The van der Waals surface area contributed by atoms with Crippen molar-refractivity contribution >= 4 is 23.2 Å². The zero-order valence-electron chi connectivity index (χ0n) is 15.4. The molecule has 2 atom stereocenters. The smallest absolute Gasteiger partial charge is 0.129 e. The summed E-state index contributed by atoms with van der Waals surface area (Å²) in [4.78, 5) is 4.27. The molecule has 0 saturated carbocycles. The van der Waals surface area contributed by atoms with Gasteiger partial charge in [0.15, 0.2) is 0 Å². The van der Waals surface area contributed by atoms with Crippen LogP contribution in [0.5, 0.6) is 5.75 Å². The Labute approximate surface area is 175 Å². The van der Waals surface area contributed by atoms with Gasteiger partial charge in [0.25, 0.3) is 0 Å². The highest BCUT2D eigenvalue weighted by Crippen LogP contribution is 2.35. The van der Waals surface area contributed by atoms with E-state index in [-0.39, 0.29) is 6.10 Å². The van der Waals surface area contributed by atoms with Crippen LogP contribution in [0, 0.1) is 5.92 Å². The molecule has 3 aromatic rings. The summed E-state index contributed by atoms with van der Waals surface area (Å²) >= 11 is 12.5. The maximum absolute atomic E-state index is 6.60. The SMILES string of the molecule is Clc1cncc(C(Oc2ccc(Cl)cc2Cc2ccccc2)[C@H]2CCNC2)c1. The number of ether oxygens (including phenoxy) is 1. The highest BCUT2D eigenvalue weighted by Gasteiger charge is 2.29. The van der Waals surface area contributed by atoms with Gasteiger partial charge in [0.05, 0.1) is 5.02 Å². The van der Waals surface area contributed by atoms with Crippen LogP contribution in [-0.4, -0.2) is 18.1 Å². The van der Waals surface area contributed by atoms with E-state index < -0.39 is 0 Å². The summed E-state index contributed by atoms with van der Waals surface area (Å²) in [7, 11) is 0. The molecule has 1 fully saturated rings. The van der Waals surface area contributed by atoms with Crippen molar-refractivity contribution in [2.45, 2.75) is 18.9 Å². The van der Waals surface area contributed by atoms with E-state index in [4.69, 9.17) is 27.9 Å². The highest BCUT2D eigenvalue weighted by molar-refractivity contribution is 6.30. The molecule has 0 spiro atoms. The van der Waals surface area contributed by atoms with Crippen LogP contribution < -0.4 is 10.1 Å². The number of nitrogens with one attached hydrogen (secondary N) is 1. The monoisotopic (exact) mass is 412 g/mol. The van der Waals surface area contributed by atoms with Crippen molar-refractivity contribution in [3.8, 4) is 5.75 Å². The first-order valence-electron chi connectivity index (χ1n) is 9.49. The average Bonchev–Trinajstić information content (AvgIpc) is 3.23. The fourth-order valence-electron chi connectivity index (χ4n) is 3.71. The van der Waals surface area contributed by atoms with Gasteiger partial charge >= 0.3 is 0 Å². The highest BCUT2D eigenvalue weighted by atomic mass is 35.5. The van der Waals surface area contributed by atoms with Crippen LogP contribution in [0.2, 0.25) is 10.0 Å². The van der Waals surface area contributed by atoms with Gasteiger partial charge in [-0.05, 0) is 42.8 Å². The maximum atomic E-state index is 6.60. The van der Waals surface area contributed by atoms with E-state index in [0.717, 1.165) is 42.8 Å². The number of halogens is 2. The molecule has 1 aliphatic heterocycles. The number of hydrogen-bond acceptors (Lipinski definition) is 3. The Bertz CT molecular complexity index is 927. The van der Waals surface area contributed by atoms with Crippen LogP contribution in [0.15, 0.2) is 67.0 Å². The molecule has 28 heavy (non-hydrogen) atoms. The molecule has 1 saturated heterocycles. The predicted molar refractivity (Wildman–Crippen MR) is 114 cm³/mol. The van der Waals surface area contributed by atoms with Crippen LogP contribution in [0.25, 0.3) is 0 Å². The summed E-state index contributed by atoms with van der Waals surface area (Å²) in [6.07, 6.45) is 5.20. The molecule has 1 unspecified atom stereocenters. The number of pyridine rings is 1. The van der Waals surface area contributed by atoms with Gasteiger partial charge < -0.3 is 10.1 Å². The van der Waals surface area contributed by atoms with E-state index >= 15 is 0 Å². The lowest BCUT2D eigenvalue weighted by atomic mass is 9.95. The van der Waals surface area contributed by atoms with E-state index in [1.807, 2.05) is 48.7 Å². The minimum atomic E-state index is -0.114. The standard InChI is InChI=1S/C23H22Cl2N2O/c24-20-6-7-22(18(11-20)10-16-4-2-1-3-5-16)28-23(17-8-9-26-13-17)19-12-21(25)15-27-14-19/h1-7,11-12,14-15,17,23,26H,8-10,13H2/t17-,23?/m0/s1. The second-order valence-electron chi connectivity index (χ2n) is 7.14. The fourth-order valence-corrected chi connectivity index (χ4v) is 4.09. The molecule has 0 radical (unpaired) electrons. The quantitative estimate of drug-likeness (QED) is 0.562. The minimum absolute atomic E-state index is 0.114. The van der Waals surface area contributed by atoms with Crippen LogP contribution >= 0.6 is 23.2 Å². The summed E-state index contributed by atoms with van der Waals surface area (Å²) < 4.78 is 6.60. The summed E-state index contributed by atoms with van der Waals surface area (Å²) in [6, 6.07) is 18.1. The van der Waals surface area contributed by atoms with Crippen LogP contribution in [0.1, 0.15) is 29.2 Å². The van der Waals surface area contributed by atoms with E-state index in [0.29, 0.717) is 16.0 Å². The molecule has 1 aromatic heterocycles. The van der Waals surface area contributed by atoms with E-state index in [1.54, 1.807) is 6.20 Å². The first-order chi connectivity index (χ1) is 13.7. The first-order valence-corrected chi connectivity index (χ1v) is 10.2. The lowest BCUT2D eigenvalue weighted by Gasteiger charge is -2.26. The predicted octanol–water partition coefficient (Wildman–Crippen LogP) is 5.71. The summed E-state index contributed by atoms with van der Waals surface area (Å²) in [6.45, 7) is 1.91. The molecule has 0 bridgehead atoms. The van der Waals surface area contributed by atoms with Crippen LogP contribution in [0.3, 0.4) is 0 Å². The van der Waals surface area contributed by atoms with Gasteiger partial charge in [0, 0.05) is 47.4 Å². The second-order valence-corrected chi connectivity index (χ2v) is 8.02. The second kappa shape index (κ2) is 8.95. The molecular weight excluding hydrogens is 391 g/mol. The van der Waals surface area contributed by atoms with Gasteiger partial charge in [-0.25, -0.2) is 0 Å². The van der Waals surface area contributed by atoms with Gasteiger partial charge in [0.1, 0.15) is 11.9 Å². The van der Waals surface area contributed by atoms with Crippen molar-refractivity contribution in [3.05, 3.63) is 93.7 Å². The lowest BCUT2D eigenvalue weighted by molar-refractivity contribution is 0.143. The van der Waals surface area contributed by atoms with Crippen LogP contribution in [-0.2, 0) is 6.42 Å². The third kappa shape index (κ3) is 4.67. The molecule has 3 nitrogen and oxygen atoms in total. The van der Waals surface area contributed by atoms with E-state index in [2.05, 4.69) is 22.4 Å². The van der Waals surface area contributed by atoms with Gasteiger partial charge in [-0.15, -0.1) is 0 Å². The average molecular weight is 413 g/mol. The van der Waals surface area contributed by atoms with Crippen molar-refractivity contribution in [2.24, 2.45) is 5.92 Å². The molecule has 0 amide bonds. The third-order valence-corrected chi connectivity index (χ3v) is 5.54. The Morgan fingerprint density at radius 1 is 1.04 bits per heavy atom. The van der Waals surface area contributed by atoms with Crippen molar-refractivity contribution in [1.82, 2.24) is 10.3 Å². The molecule has 2 aromatic carbocycles. The summed E-state index contributed by atoms with van der Waals surface area (Å²) in [5.41, 5.74) is 3.30.